The molecule has 1 fully saturated rings. The van der Waals surface area contributed by atoms with Gasteiger partial charge in [-0.15, -0.1) is 0 Å². The van der Waals surface area contributed by atoms with Crippen LogP contribution in [-0.2, 0) is 4.79 Å². The molecule has 1 aromatic carbocycles. The van der Waals surface area contributed by atoms with Gasteiger partial charge in [-0.05, 0) is 30.4 Å². The second-order valence-corrected chi connectivity index (χ2v) is 7.33. The molecule has 3 rings (SSSR count). The van der Waals surface area contributed by atoms with Crippen molar-refractivity contribution >= 4 is 11.9 Å². The number of nitrogens with zero attached hydrogens (tertiary/aromatic N) is 1. The molecule has 1 aliphatic carbocycles. The number of carbonyl (C=O) groups is 2. The van der Waals surface area contributed by atoms with Crippen LogP contribution in [0.5, 0.6) is 0 Å². The summed E-state index contributed by atoms with van der Waals surface area (Å²) in [6.07, 6.45) is 4.69. The Morgan fingerprint density at radius 3 is 2.52 bits per heavy atom. The lowest BCUT2D eigenvalue weighted by atomic mass is 9.65. The summed E-state index contributed by atoms with van der Waals surface area (Å²) >= 11 is 0. The van der Waals surface area contributed by atoms with Crippen LogP contribution in [0.25, 0.3) is 0 Å². The van der Waals surface area contributed by atoms with Crippen LogP contribution in [0.2, 0.25) is 0 Å². The second kappa shape index (κ2) is 5.99. The van der Waals surface area contributed by atoms with E-state index in [9.17, 15) is 14.7 Å². The lowest BCUT2D eigenvalue weighted by Crippen LogP contribution is -2.62. The van der Waals surface area contributed by atoms with Gasteiger partial charge in [-0.25, -0.2) is 0 Å². The van der Waals surface area contributed by atoms with Crippen LogP contribution in [0.1, 0.15) is 67.8 Å². The first-order chi connectivity index (χ1) is 11.0. The Kier molecular flexibility index (Phi) is 4.17. The largest absolute Gasteiger partial charge is 0.481 e. The minimum absolute atomic E-state index is 0.00806. The van der Waals surface area contributed by atoms with Gasteiger partial charge in [0.1, 0.15) is 5.92 Å². The number of carbonyl (C=O) groups excluding carboxylic acids is 1. The molecule has 1 N–H and O–H groups in total. The van der Waals surface area contributed by atoms with Gasteiger partial charge in [0, 0.05) is 12.1 Å². The number of carboxylic acids is 1. The van der Waals surface area contributed by atoms with Crippen LogP contribution in [0.4, 0.5) is 0 Å². The van der Waals surface area contributed by atoms with Crippen LogP contribution < -0.4 is 0 Å². The topological polar surface area (TPSA) is 57.6 Å². The molecule has 1 spiro atoms. The summed E-state index contributed by atoms with van der Waals surface area (Å²) in [5, 5.41) is 10.0. The van der Waals surface area contributed by atoms with E-state index in [1.807, 2.05) is 23.1 Å². The Balaban J connectivity index is 2.19. The van der Waals surface area contributed by atoms with E-state index < -0.39 is 17.4 Å². The average molecular weight is 315 g/mol. The first kappa shape index (κ1) is 16.0. The Hall–Kier alpha value is -1.84. The van der Waals surface area contributed by atoms with E-state index in [4.69, 9.17) is 0 Å². The fraction of sp³-hybridized carbons (Fsp3) is 0.579. The molecule has 4 nitrogen and oxygen atoms in total. The van der Waals surface area contributed by atoms with Crippen LogP contribution in [0.15, 0.2) is 24.3 Å². The summed E-state index contributed by atoms with van der Waals surface area (Å²) in [4.78, 5) is 27.2. The summed E-state index contributed by atoms with van der Waals surface area (Å²) in [7, 11) is 0. The van der Waals surface area contributed by atoms with E-state index in [0.717, 1.165) is 32.1 Å². The highest BCUT2D eigenvalue weighted by Gasteiger charge is 2.54. The predicted molar refractivity (Wildman–Crippen MR) is 88.5 cm³/mol. The first-order valence-electron chi connectivity index (χ1n) is 8.61. The van der Waals surface area contributed by atoms with Gasteiger partial charge in [0.05, 0.1) is 5.54 Å². The maximum atomic E-state index is 13.1. The number of hydrogen-bond acceptors (Lipinski definition) is 2. The number of carboxylic acid groups (broad SMARTS) is 1. The summed E-state index contributed by atoms with van der Waals surface area (Å²) in [5.41, 5.74) is 0.712. The SMILES string of the molecule is CC(C)CN1C(=O)c2ccccc2[C@@H](C(=O)O)C12CCCCC2. The average Bonchev–Trinajstić information content (AvgIpc) is 2.52. The molecular weight excluding hydrogens is 290 g/mol. The number of aliphatic carboxylic acids is 1. The van der Waals surface area contributed by atoms with Gasteiger partial charge in [-0.3, -0.25) is 9.59 Å². The molecule has 1 aromatic rings. The number of amides is 1. The van der Waals surface area contributed by atoms with Crippen LogP contribution in [0, 0.1) is 5.92 Å². The Bertz CT molecular complexity index is 617. The van der Waals surface area contributed by atoms with Gasteiger partial charge in [0.25, 0.3) is 5.91 Å². The monoisotopic (exact) mass is 315 g/mol. The fourth-order valence-corrected chi connectivity index (χ4v) is 4.45. The van der Waals surface area contributed by atoms with E-state index in [1.54, 1.807) is 6.07 Å². The Morgan fingerprint density at radius 1 is 1.26 bits per heavy atom. The number of fused-ring (bicyclic) bond motifs is 1. The summed E-state index contributed by atoms with van der Waals surface area (Å²) in [6.45, 7) is 4.79. The second-order valence-electron chi connectivity index (χ2n) is 7.33. The molecule has 4 heteroatoms. The third kappa shape index (κ3) is 2.54. The van der Waals surface area contributed by atoms with Crippen LogP contribution >= 0.6 is 0 Å². The first-order valence-corrected chi connectivity index (χ1v) is 8.61. The van der Waals surface area contributed by atoms with Gasteiger partial charge >= 0.3 is 5.97 Å². The minimum atomic E-state index is -0.805. The van der Waals surface area contributed by atoms with Crippen molar-refractivity contribution in [2.75, 3.05) is 6.54 Å². The third-order valence-corrected chi connectivity index (χ3v) is 5.34. The maximum absolute atomic E-state index is 13.1. The molecule has 0 saturated heterocycles. The lowest BCUT2D eigenvalue weighted by Gasteiger charge is -2.53. The Labute approximate surface area is 137 Å². The van der Waals surface area contributed by atoms with Gasteiger partial charge in [0.2, 0.25) is 0 Å². The molecule has 1 atom stereocenters. The van der Waals surface area contributed by atoms with Gasteiger partial charge in [-0.2, -0.15) is 0 Å². The van der Waals surface area contributed by atoms with Gasteiger partial charge in [-0.1, -0.05) is 51.3 Å². The third-order valence-electron chi connectivity index (χ3n) is 5.34. The van der Waals surface area contributed by atoms with Crippen molar-refractivity contribution < 1.29 is 14.7 Å². The lowest BCUT2D eigenvalue weighted by molar-refractivity contribution is -0.144. The summed E-state index contributed by atoms with van der Waals surface area (Å²) < 4.78 is 0. The molecule has 124 valence electrons. The van der Waals surface area contributed by atoms with Crippen molar-refractivity contribution in [1.82, 2.24) is 4.90 Å². The maximum Gasteiger partial charge on any atom is 0.313 e. The zero-order chi connectivity index (χ0) is 16.6. The van der Waals surface area contributed by atoms with Crippen molar-refractivity contribution in [2.45, 2.75) is 57.4 Å². The van der Waals surface area contributed by atoms with Crippen molar-refractivity contribution in [1.29, 1.82) is 0 Å². The molecule has 0 unspecified atom stereocenters. The zero-order valence-electron chi connectivity index (χ0n) is 13.9. The number of rotatable bonds is 3. The highest BCUT2D eigenvalue weighted by atomic mass is 16.4. The smallest absolute Gasteiger partial charge is 0.313 e. The van der Waals surface area contributed by atoms with Crippen molar-refractivity contribution in [3.63, 3.8) is 0 Å². The standard InChI is InChI=1S/C19H25NO3/c1-13(2)12-20-17(21)15-9-5-4-8-14(15)16(18(22)23)19(20)10-6-3-7-11-19/h4-5,8-9,13,16H,3,6-7,10-12H2,1-2H3,(H,22,23)/t16-/m0/s1. The number of benzene rings is 1. The Morgan fingerprint density at radius 2 is 1.91 bits per heavy atom. The van der Waals surface area contributed by atoms with E-state index in [0.29, 0.717) is 23.6 Å². The van der Waals surface area contributed by atoms with E-state index in [1.165, 1.54) is 0 Å². The van der Waals surface area contributed by atoms with Crippen molar-refractivity contribution in [3.8, 4) is 0 Å². The van der Waals surface area contributed by atoms with E-state index in [2.05, 4.69) is 13.8 Å². The molecule has 1 heterocycles. The predicted octanol–water partition coefficient (Wildman–Crippen LogP) is 3.67. The molecule has 1 amide bonds. The van der Waals surface area contributed by atoms with Crippen molar-refractivity contribution in [3.05, 3.63) is 35.4 Å². The fourth-order valence-electron chi connectivity index (χ4n) is 4.45. The molecule has 2 aliphatic rings. The molecule has 1 saturated carbocycles. The summed E-state index contributed by atoms with van der Waals surface area (Å²) in [6, 6.07) is 7.27. The quantitative estimate of drug-likeness (QED) is 0.926. The van der Waals surface area contributed by atoms with E-state index in [-0.39, 0.29) is 5.91 Å². The summed E-state index contributed by atoms with van der Waals surface area (Å²) in [5.74, 6) is -1.10. The van der Waals surface area contributed by atoms with Crippen LogP contribution in [0.3, 0.4) is 0 Å². The number of hydrogen-bond donors (Lipinski definition) is 1. The van der Waals surface area contributed by atoms with Crippen LogP contribution in [-0.4, -0.2) is 34.0 Å². The van der Waals surface area contributed by atoms with Gasteiger partial charge in [0.15, 0.2) is 0 Å². The molecule has 0 aromatic heterocycles. The molecular formula is C19H25NO3. The minimum Gasteiger partial charge on any atom is -0.481 e. The highest BCUT2D eigenvalue weighted by Crippen LogP contribution is 2.49. The molecule has 0 radical (unpaired) electrons. The van der Waals surface area contributed by atoms with Gasteiger partial charge < -0.3 is 10.0 Å². The zero-order valence-corrected chi connectivity index (χ0v) is 13.9. The molecule has 1 aliphatic heterocycles. The highest BCUT2D eigenvalue weighted by molar-refractivity contribution is 6.01. The normalized spacial score (nSPS) is 23.2. The van der Waals surface area contributed by atoms with Crippen molar-refractivity contribution in [2.24, 2.45) is 5.92 Å². The molecule has 23 heavy (non-hydrogen) atoms. The van der Waals surface area contributed by atoms with E-state index >= 15 is 0 Å². The molecule has 0 bridgehead atoms.